The fourth-order valence-corrected chi connectivity index (χ4v) is 1.26. The summed E-state index contributed by atoms with van der Waals surface area (Å²) in [7, 11) is 1.54. The average Bonchev–Trinajstić information content (AvgIpc) is 2.15. The first-order valence-electron chi connectivity index (χ1n) is 5.52. The predicted molar refractivity (Wildman–Crippen MR) is 61.5 cm³/mol. The van der Waals surface area contributed by atoms with Gasteiger partial charge in [0, 0.05) is 13.2 Å². The van der Waals surface area contributed by atoms with Crippen LogP contribution in [0.2, 0.25) is 0 Å². The number of carbonyl (C=O) groups excluding carboxylic acids is 1. The summed E-state index contributed by atoms with van der Waals surface area (Å²) >= 11 is 0. The van der Waals surface area contributed by atoms with Crippen LogP contribution in [-0.2, 0) is 9.53 Å². The van der Waals surface area contributed by atoms with Crippen LogP contribution in [0.15, 0.2) is 0 Å². The summed E-state index contributed by atoms with van der Waals surface area (Å²) in [5, 5.41) is 2.88. The van der Waals surface area contributed by atoms with Gasteiger partial charge in [0.25, 0.3) is 0 Å². The van der Waals surface area contributed by atoms with Crippen LogP contribution in [-0.4, -0.2) is 31.7 Å². The molecule has 0 heterocycles. The van der Waals surface area contributed by atoms with Crippen molar-refractivity contribution in [1.29, 1.82) is 0 Å². The molecule has 0 fully saturated rings. The third kappa shape index (κ3) is 7.33. The minimum absolute atomic E-state index is 0.131. The molecule has 0 aromatic carbocycles. The summed E-state index contributed by atoms with van der Waals surface area (Å²) in [6.07, 6.45) is 2.10. The van der Waals surface area contributed by atoms with E-state index in [0.29, 0.717) is 5.92 Å². The molecule has 0 rings (SSSR count). The highest BCUT2D eigenvalue weighted by Gasteiger charge is 2.15. The molecule has 2 unspecified atom stereocenters. The van der Waals surface area contributed by atoms with Gasteiger partial charge in [0.15, 0.2) is 0 Å². The van der Waals surface area contributed by atoms with Crippen LogP contribution in [0.5, 0.6) is 0 Å². The maximum Gasteiger partial charge on any atom is 0.239 e. The molecule has 90 valence electrons. The van der Waals surface area contributed by atoms with Gasteiger partial charge in [0.1, 0.15) is 6.04 Å². The Bertz CT molecular complexity index is 183. The second kappa shape index (κ2) is 7.65. The normalized spacial score (nSPS) is 15.1. The molecule has 0 aliphatic heterocycles. The molecule has 0 aromatic heterocycles. The Labute approximate surface area is 92.6 Å². The van der Waals surface area contributed by atoms with Gasteiger partial charge < -0.3 is 15.8 Å². The molecule has 0 spiro atoms. The van der Waals surface area contributed by atoms with Crippen LogP contribution in [0, 0.1) is 5.92 Å². The van der Waals surface area contributed by atoms with Crippen LogP contribution in [0.1, 0.15) is 33.6 Å². The summed E-state index contributed by atoms with van der Waals surface area (Å²) in [5.41, 5.74) is 5.59. The van der Waals surface area contributed by atoms with E-state index in [-0.39, 0.29) is 18.6 Å². The Kier molecular flexibility index (Phi) is 7.34. The lowest BCUT2D eigenvalue weighted by molar-refractivity contribution is -0.124. The summed E-state index contributed by atoms with van der Waals surface area (Å²) in [6, 6.07) is -0.376. The van der Waals surface area contributed by atoms with Gasteiger partial charge in [0.05, 0.1) is 6.61 Å². The quantitative estimate of drug-likeness (QED) is 0.664. The fraction of sp³-hybridized carbons (Fsp3) is 0.909. The van der Waals surface area contributed by atoms with Crippen molar-refractivity contribution < 1.29 is 9.53 Å². The van der Waals surface area contributed by atoms with Gasteiger partial charge in [-0.2, -0.15) is 0 Å². The standard InChI is InChI=1S/C11H24N2O2/c1-8(2)5-6-9(3)13-11(14)10(12)7-15-4/h8-10H,5-7,12H2,1-4H3,(H,13,14). The van der Waals surface area contributed by atoms with Gasteiger partial charge in [-0.05, 0) is 25.7 Å². The van der Waals surface area contributed by atoms with Crippen molar-refractivity contribution >= 4 is 5.91 Å². The molecule has 4 nitrogen and oxygen atoms in total. The van der Waals surface area contributed by atoms with Gasteiger partial charge in [-0.3, -0.25) is 4.79 Å². The van der Waals surface area contributed by atoms with Crippen molar-refractivity contribution in [1.82, 2.24) is 5.32 Å². The summed E-state index contributed by atoms with van der Waals surface area (Å²) in [5.74, 6) is 0.533. The molecule has 0 aromatic rings. The maximum absolute atomic E-state index is 11.5. The van der Waals surface area contributed by atoms with Crippen LogP contribution in [0.3, 0.4) is 0 Å². The smallest absolute Gasteiger partial charge is 0.239 e. The lowest BCUT2D eigenvalue weighted by Gasteiger charge is -2.17. The Hall–Kier alpha value is -0.610. The van der Waals surface area contributed by atoms with E-state index in [1.54, 1.807) is 0 Å². The molecule has 4 heteroatoms. The number of nitrogens with one attached hydrogen (secondary N) is 1. The molecule has 0 aliphatic rings. The van der Waals surface area contributed by atoms with Crippen LogP contribution < -0.4 is 11.1 Å². The van der Waals surface area contributed by atoms with Crippen molar-refractivity contribution in [2.24, 2.45) is 11.7 Å². The fourth-order valence-electron chi connectivity index (χ4n) is 1.26. The molecule has 2 atom stereocenters. The van der Waals surface area contributed by atoms with Crippen LogP contribution >= 0.6 is 0 Å². The van der Waals surface area contributed by atoms with Crippen LogP contribution in [0.4, 0.5) is 0 Å². The van der Waals surface area contributed by atoms with E-state index in [9.17, 15) is 4.79 Å². The number of amides is 1. The van der Waals surface area contributed by atoms with E-state index in [4.69, 9.17) is 10.5 Å². The maximum atomic E-state index is 11.5. The number of ether oxygens (including phenoxy) is 1. The van der Waals surface area contributed by atoms with Crippen LogP contribution in [0.25, 0.3) is 0 Å². The Morgan fingerprint density at radius 3 is 2.40 bits per heavy atom. The second-order valence-corrected chi connectivity index (χ2v) is 4.44. The van der Waals surface area contributed by atoms with Crippen molar-refractivity contribution in [3.8, 4) is 0 Å². The monoisotopic (exact) mass is 216 g/mol. The van der Waals surface area contributed by atoms with Crippen molar-refractivity contribution in [2.75, 3.05) is 13.7 Å². The van der Waals surface area contributed by atoms with Crippen molar-refractivity contribution in [3.63, 3.8) is 0 Å². The third-order valence-corrected chi connectivity index (χ3v) is 2.25. The zero-order valence-corrected chi connectivity index (χ0v) is 10.2. The minimum Gasteiger partial charge on any atom is -0.383 e. The zero-order chi connectivity index (χ0) is 11.8. The van der Waals surface area contributed by atoms with Gasteiger partial charge in [0.2, 0.25) is 5.91 Å². The highest BCUT2D eigenvalue weighted by atomic mass is 16.5. The van der Waals surface area contributed by atoms with Crippen molar-refractivity contribution in [2.45, 2.75) is 45.7 Å². The van der Waals surface area contributed by atoms with E-state index >= 15 is 0 Å². The lowest BCUT2D eigenvalue weighted by Crippen LogP contribution is -2.46. The SMILES string of the molecule is COCC(N)C(=O)NC(C)CCC(C)C. The molecule has 0 radical (unpaired) electrons. The molecule has 1 amide bonds. The molecule has 0 bridgehead atoms. The van der Waals surface area contributed by atoms with Crippen molar-refractivity contribution in [3.05, 3.63) is 0 Å². The van der Waals surface area contributed by atoms with E-state index in [1.807, 2.05) is 6.92 Å². The highest BCUT2D eigenvalue weighted by molar-refractivity contribution is 5.81. The van der Waals surface area contributed by atoms with E-state index in [0.717, 1.165) is 12.8 Å². The number of methoxy groups -OCH3 is 1. The number of rotatable bonds is 7. The molecule has 0 saturated carbocycles. The molecular weight excluding hydrogens is 192 g/mol. The van der Waals surface area contributed by atoms with Gasteiger partial charge >= 0.3 is 0 Å². The lowest BCUT2D eigenvalue weighted by atomic mass is 10.0. The van der Waals surface area contributed by atoms with E-state index in [2.05, 4.69) is 19.2 Å². The Balaban J connectivity index is 3.75. The van der Waals surface area contributed by atoms with Gasteiger partial charge in [-0.1, -0.05) is 13.8 Å². The predicted octanol–water partition coefficient (Wildman–Crippen LogP) is 0.901. The zero-order valence-electron chi connectivity index (χ0n) is 10.2. The number of hydrogen-bond acceptors (Lipinski definition) is 3. The third-order valence-electron chi connectivity index (χ3n) is 2.25. The molecule has 0 aliphatic carbocycles. The van der Waals surface area contributed by atoms with Gasteiger partial charge in [-0.25, -0.2) is 0 Å². The number of carbonyl (C=O) groups is 1. The minimum atomic E-state index is -0.559. The van der Waals surface area contributed by atoms with Gasteiger partial charge in [-0.15, -0.1) is 0 Å². The summed E-state index contributed by atoms with van der Waals surface area (Å²) in [4.78, 5) is 11.5. The molecule has 0 saturated heterocycles. The first-order valence-corrected chi connectivity index (χ1v) is 5.52. The molecule has 15 heavy (non-hydrogen) atoms. The van der Waals surface area contributed by atoms with E-state index in [1.165, 1.54) is 7.11 Å². The Morgan fingerprint density at radius 2 is 1.93 bits per heavy atom. The molecule has 3 N–H and O–H groups in total. The largest absolute Gasteiger partial charge is 0.383 e. The Morgan fingerprint density at radius 1 is 1.33 bits per heavy atom. The summed E-state index contributed by atoms with van der Waals surface area (Å²) < 4.78 is 4.82. The first kappa shape index (κ1) is 14.4. The first-order chi connectivity index (χ1) is 6.97. The summed E-state index contributed by atoms with van der Waals surface area (Å²) in [6.45, 7) is 6.61. The average molecular weight is 216 g/mol. The van der Waals surface area contributed by atoms with E-state index < -0.39 is 6.04 Å². The molecular formula is C11H24N2O2. The number of hydrogen-bond donors (Lipinski definition) is 2. The second-order valence-electron chi connectivity index (χ2n) is 4.44. The highest BCUT2D eigenvalue weighted by Crippen LogP contribution is 2.06. The topological polar surface area (TPSA) is 64.3 Å². The number of nitrogens with two attached hydrogens (primary N) is 1.